The molecule has 1 unspecified atom stereocenters. The number of carbonyl (C=O) groups is 2. The summed E-state index contributed by atoms with van der Waals surface area (Å²) in [6.07, 6.45) is 1.61. The molecule has 7 heteroatoms. The number of hydrogen-bond acceptors (Lipinski definition) is 4. The number of amides is 1. The van der Waals surface area contributed by atoms with Crippen molar-refractivity contribution in [1.29, 1.82) is 0 Å². The van der Waals surface area contributed by atoms with Crippen molar-refractivity contribution in [2.45, 2.75) is 25.8 Å². The van der Waals surface area contributed by atoms with E-state index in [4.69, 9.17) is 27.9 Å². The largest absolute Gasteiger partial charge is 0.507 e. The zero-order chi connectivity index (χ0) is 21.1. The maximum Gasteiger partial charge on any atom is 0.295 e. The molecule has 0 spiro atoms. The molecule has 0 aliphatic carbocycles. The average molecular weight is 434 g/mol. The molecule has 0 radical (unpaired) electrons. The van der Waals surface area contributed by atoms with Crippen molar-refractivity contribution in [3.8, 4) is 5.75 Å². The lowest BCUT2D eigenvalue weighted by Crippen LogP contribution is -2.30. The van der Waals surface area contributed by atoms with Crippen molar-refractivity contribution < 1.29 is 19.4 Å². The van der Waals surface area contributed by atoms with Crippen molar-refractivity contribution in [3.05, 3.63) is 69.2 Å². The van der Waals surface area contributed by atoms with Crippen molar-refractivity contribution in [2.24, 2.45) is 0 Å². The number of methoxy groups -OCH3 is 1. The van der Waals surface area contributed by atoms with E-state index < -0.39 is 17.7 Å². The van der Waals surface area contributed by atoms with Crippen LogP contribution in [-0.2, 0) is 9.59 Å². The fraction of sp³-hybridized carbons (Fsp3) is 0.273. The molecule has 29 heavy (non-hydrogen) atoms. The van der Waals surface area contributed by atoms with Crippen LogP contribution in [0.3, 0.4) is 0 Å². The summed E-state index contributed by atoms with van der Waals surface area (Å²) in [5.41, 5.74) is 1.09. The SMILES string of the molecule is CCCCN1C(=O)C(=O)/C(=C(\O)c2ccc(Cl)c(OC)c2)C1c1ccc(Cl)cc1. The molecule has 1 N–H and O–H groups in total. The van der Waals surface area contributed by atoms with Crippen molar-refractivity contribution in [2.75, 3.05) is 13.7 Å². The lowest BCUT2D eigenvalue weighted by atomic mass is 9.95. The number of carbonyl (C=O) groups excluding carboxylic acids is 2. The van der Waals surface area contributed by atoms with Gasteiger partial charge in [0.1, 0.15) is 11.5 Å². The van der Waals surface area contributed by atoms with E-state index >= 15 is 0 Å². The number of rotatable bonds is 6. The van der Waals surface area contributed by atoms with E-state index in [-0.39, 0.29) is 11.3 Å². The van der Waals surface area contributed by atoms with Crippen LogP contribution in [0.15, 0.2) is 48.0 Å². The van der Waals surface area contributed by atoms with E-state index in [0.717, 1.165) is 12.8 Å². The highest BCUT2D eigenvalue weighted by atomic mass is 35.5. The molecule has 152 valence electrons. The van der Waals surface area contributed by atoms with Crippen LogP contribution >= 0.6 is 23.2 Å². The molecule has 3 rings (SSSR count). The van der Waals surface area contributed by atoms with Gasteiger partial charge in [-0.05, 0) is 42.3 Å². The van der Waals surface area contributed by atoms with E-state index in [1.54, 1.807) is 36.4 Å². The monoisotopic (exact) mass is 433 g/mol. The number of hydrogen-bond donors (Lipinski definition) is 1. The molecule has 2 aromatic carbocycles. The highest BCUT2D eigenvalue weighted by Gasteiger charge is 2.45. The minimum Gasteiger partial charge on any atom is -0.507 e. The number of ether oxygens (including phenoxy) is 1. The number of benzene rings is 2. The first kappa shape index (κ1) is 21.2. The Hall–Kier alpha value is -2.50. The maximum absolute atomic E-state index is 12.9. The van der Waals surface area contributed by atoms with Crippen LogP contribution in [0.2, 0.25) is 10.0 Å². The van der Waals surface area contributed by atoms with Gasteiger partial charge in [0.15, 0.2) is 0 Å². The molecular formula is C22H21Cl2NO4. The molecule has 1 heterocycles. The van der Waals surface area contributed by atoms with Crippen LogP contribution in [0, 0.1) is 0 Å². The Morgan fingerprint density at radius 3 is 2.45 bits per heavy atom. The number of aliphatic hydroxyl groups excluding tert-OH is 1. The molecule has 1 fully saturated rings. The third kappa shape index (κ3) is 4.11. The molecule has 0 aromatic heterocycles. The van der Waals surface area contributed by atoms with E-state index in [0.29, 0.717) is 33.5 Å². The van der Waals surface area contributed by atoms with Crippen LogP contribution in [0.25, 0.3) is 5.76 Å². The summed E-state index contributed by atoms with van der Waals surface area (Å²) in [4.78, 5) is 27.1. The van der Waals surface area contributed by atoms with Gasteiger partial charge in [0, 0.05) is 17.1 Å². The van der Waals surface area contributed by atoms with E-state index in [9.17, 15) is 14.7 Å². The molecule has 1 saturated heterocycles. The number of nitrogens with zero attached hydrogens (tertiary/aromatic N) is 1. The number of ketones is 1. The lowest BCUT2D eigenvalue weighted by Gasteiger charge is -2.25. The number of aliphatic hydroxyl groups is 1. The van der Waals surface area contributed by atoms with Gasteiger partial charge >= 0.3 is 0 Å². The zero-order valence-corrected chi connectivity index (χ0v) is 17.6. The molecule has 1 atom stereocenters. The minimum atomic E-state index is -0.715. The van der Waals surface area contributed by atoms with E-state index in [2.05, 4.69) is 0 Å². The third-order valence-electron chi connectivity index (χ3n) is 4.90. The first-order chi connectivity index (χ1) is 13.9. The highest BCUT2D eigenvalue weighted by Crippen LogP contribution is 2.40. The molecule has 0 bridgehead atoms. The normalized spacial score (nSPS) is 18.3. The Bertz CT molecular complexity index is 969. The zero-order valence-electron chi connectivity index (χ0n) is 16.1. The predicted molar refractivity (Wildman–Crippen MR) is 113 cm³/mol. The van der Waals surface area contributed by atoms with Crippen molar-refractivity contribution in [1.82, 2.24) is 4.90 Å². The average Bonchev–Trinajstić information content (AvgIpc) is 2.97. The van der Waals surface area contributed by atoms with Crippen LogP contribution in [0.1, 0.15) is 36.9 Å². The van der Waals surface area contributed by atoms with Gasteiger partial charge in [0.25, 0.3) is 11.7 Å². The Balaban J connectivity index is 2.17. The second kappa shape index (κ2) is 8.89. The van der Waals surface area contributed by atoms with Gasteiger partial charge in [0.2, 0.25) is 0 Å². The second-order valence-corrected chi connectivity index (χ2v) is 7.59. The summed E-state index contributed by atoms with van der Waals surface area (Å²) in [6.45, 7) is 2.42. The van der Waals surface area contributed by atoms with Crippen molar-refractivity contribution in [3.63, 3.8) is 0 Å². The summed E-state index contributed by atoms with van der Waals surface area (Å²) in [6, 6.07) is 10.9. The molecule has 5 nitrogen and oxygen atoms in total. The lowest BCUT2D eigenvalue weighted by molar-refractivity contribution is -0.139. The Kier molecular flexibility index (Phi) is 6.50. The second-order valence-electron chi connectivity index (χ2n) is 6.75. The number of halogens is 2. The molecule has 1 amide bonds. The minimum absolute atomic E-state index is 0.0396. The summed E-state index contributed by atoms with van der Waals surface area (Å²) < 4.78 is 5.20. The van der Waals surface area contributed by atoms with Gasteiger partial charge in [0.05, 0.1) is 23.7 Å². The van der Waals surface area contributed by atoms with Gasteiger partial charge in [-0.15, -0.1) is 0 Å². The Morgan fingerprint density at radius 2 is 1.83 bits per heavy atom. The van der Waals surface area contributed by atoms with Crippen LogP contribution in [0.4, 0.5) is 0 Å². The third-order valence-corrected chi connectivity index (χ3v) is 5.47. The van der Waals surface area contributed by atoms with Gasteiger partial charge < -0.3 is 14.7 Å². The summed E-state index contributed by atoms with van der Waals surface area (Å²) in [5, 5.41) is 11.9. The molecule has 0 saturated carbocycles. The van der Waals surface area contributed by atoms with E-state index in [1.165, 1.54) is 18.1 Å². The number of likely N-dealkylation sites (tertiary alicyclic amines) is 1. The summed E-state index contributed by atoms with van der Waals surface area (Å²) in [7, 11) is 1.46. The Labute approximate surface area is 179 Å². The Morgan fingerprint density at radius 1 is 1.14 bits per heavy atom. The maximum atomic E-state index is 12.9. The molecule has 1 aliphatic rings. The van der Waals surface area contributed by atoms with E-state index in [1.807, 2.05) is 6.92 Å². The molecule has 1 aliphatic heterocycles. The van der Waals surface area contributed by atoms with Crippen LogP contribution < -0.4 is 4.74 Å². The summed E-state index contributed by atoms with van der Waals surface area (Å²) in [5.74, 6) is -1.25. The predicted octanol–water partition coefficient (Wildman–Crippen LogP) is 5.22. The van der Waals surface area contributed by atoms with Gasteiger partial charge in [-0.3, -0.25) is 9.59 Å². The van der Waals surface area contributed by atoms with Gasteiger partial charge in [-0.2, -0.15) is 0 Å². The first-order valence-electron chi connectivity index (χ1n) is 9.26. The summed E-state index contributed by atoms with van der Waals surface area (Å²) >= 11 is 12.1. The van der Waals surface area contributed by atoms with Crippen LogP contribution in [0.5, 0.6) is 5.75 Å². The number of Topliss-reactive ketones (excluding diaryl/α,β-unsaturated/α-hetero) is 1. The van der Waals surface area contributed by atoms with Gasteiger partial charge in [-0.25, -0.2) is 0 Å². The van der Waals surface area contributed by atoms with Gasteiger partial charge in [-0.1, -0.05) is 48.7 Å². The fourth-order valence-corrected chi connectivity index (χ4v) is 3.71. The quantitative estimate of drug-likeness (QED) is 0.385. The highest BCUT2D eigenvalue weighted by molar-refractivity contribution is 6.46. The first-order valence-corrected chi connectivity index (χ1v) is 10.0. The molecule has 2 aromatic rings. The van der Waals surface area contributed by atoms with Crippen molar-refractivity contribution >= 4 is 40.7 Å². The topological polar surface area (TPSA) is 66.8 Å². The smallest absolute Gasteiger partial charge is 0.295 e. The standard InChI is InChI=1S/C22H21Cl2NO4/c1-3-4-11-25-19(13-5-8-15(23)9-6-13)18(21(27)22(25)28)20(26)14-7-10-16(24)17(12-14)29-2/h5-10,12,19,26H,3-4,11H2,1-2H3/b20-18-. The number of unbranched alkanes of at least 4 members (excludes halogenated alkanes) is 1. The van der Waals surface area contributed by atoms with Crippen LogP contribution in [-0.4, -0.2) is 35.4 Å². The molecular weight excluding hydrogens is 413 g/mol. The fourth-order valence-electron chi connectivity index (χ4n) is 3.39.